The summed E-state index contributed by atoms with van der Waals surface area (Å²) in [4.78, 5) is 21.8. The second-order valence-electron chi connectivity index (χ2n) is 4.75. The average molecular weight is 333 g/mol. The summed E-state index contributed by atoms with van der Waals surface area (Å²) in [6.07, 6.45) is 0.476. The SMILES string of the molecule is O=CCN(Cc1ccccc1)S(=O)(=O)c1ccccc1C(=O)O. The first kappa shape index (κ1) is 16.9. The van der Waals surface area contributed by atoms with Crippen molar-refractivity contribution in [3.63, 3.8) is 0 Å². The fourth-order valence-electron chi connectivity index (χ4n) is 2.13. The molecule has 0 saturated heterocycles. The zero-order valence-corrected chi connectivity index (χ0v) is 12.9. The number of sulfonamides is 1. The summed E-state index contributed by atoms with van der Waals surface area (Å²) in [5.74, 6) is -1.34. The van der Waals surface area contributed by atoms with Crippen LogP contribution in [0, 0.1) is 0 Å². The number of hydrogen-bond donors (Lipinski definition) is 1. The summed E-state index contributed by atoms with van der Waals surface area (Å²) in [5.41, 5.74) is 0.377. The number of nitrogens with zero attached hydrogens (tertiary/aromatic N) is 1. The smallest absolute Gasteiger partial charge is 0.337 e. The lowest BCUT2D eigenvalue weighted by Gasteiger charge is -2.21. The Morgan fingerprint density at radius 3 is 2.26 bits per heavy atom. The van der Waals surface area contributed by atoms with Crippen molar-refractivity contribution >= 4 is 22.3 Å². The van der Waals surface area contributed by atoms with Gasteiger partial charge in [0.15, 0.2) is 0 Å². The second kappa shape index (κ2) is 7.17. The van der Waals surface area contributed by atoms with Gasteiger partial charge < -0.3 is 9.90 Å². The van der Waals surface area contributed by atoms with Gasteiger partial charge >= 0.3 is 5.97 Å². The first-order valence-electron chi connectivity index (χ1n) is 6.77. The van der Waals surface area contributed by atoms with Crippen LogP contribution in [0.2, 0.25) is 0 Å². The van der Waals surface area contributed by atoms with Crippen LogP contribution in [0.5, 0.6) is 0 Å². The third-order valence-corrected chi connectivity index (χ3v) is 5.09. The summed E-state index contributed by atoms with van der Waals surface area (Å²) in [7, 11) is -4.12. The van der Waals surface area contributed by atoms with E-state index in [-0.39, 0.29) is 23.5 Å². The van der Waals surface area contributed by atoms with Crippen molar-refractivity contribution in [2.24, 2.45) is 0 Å². The van der Waals surface area contributed by atoms with Gasteiger partial charge in [-0.15, -0.1) is 0 Å². The number of aromatic carboxylic acids is 1. The van der Waals surface area contributed by atoms with Crippen LogP contribution in [0.3, 0.4) is 0 Å². The zero-order chi connectivity index (χ0) is 16.9. The minimum Gasteiger partial charge on any atom is -0.478 e. The van der Waals surface area contributed by atoms with Gasteiger partial charge in [0.2, 0.25) is 10.0 Å². The largest absolute Gasteiger partial charge is 0.478 e. The Balaban J connectivity index is 2.45. The van der Waals surface area contributed by atoms with E-state index in [0.717, 1.165) is 4.31 Å². The number of hydrogen-bond acceptors (Lipinski definition) is 4. The van der Waals surface area contributed by atoms with E-state index in [1.165, 1.54) is 24.3 Å². The number of benzene rings is 2. The lowest BCUT2D eigenvalue weighted by molar-refractivity contribution is -0.108. The van der Waals surface area contributed by atoms with Crippen LogP contribution < -0.4 is 0 Å². The van der Waals surface area contributed by atoms with Gasteiger partial charge in [0.25, 0.3) is 0 Å². The van der Waals surface area contributed by atoms with Gasteiger partial charge in [0, 0.05) is 6.54 Å². The predicted molar refractivity (Wildman–Crippen MR) is 83.5 cm³/mol. The number of carboxylic acids is 1. The van der Waals surface area contributed by atoms with Gasteiger partial charge in [-0.25, -0.2) is 13.2 Å². The van der Waals surface area contributed by atoms with E-state index in [2.05, 4.69) is 0 Å². The molecule has 0 spiro atoms. The number of carboxylic acid groups (broad SMARTS) is 1. The molecule has 120 valence electrons. The summed E-state index contributed by atoms with van der Waals surface area (Å²) in [6, 6.07) is 14.1. The highest BCUT2D eigenvalue weighted by Crippen LogP contribution is 2.21. The van der Waals surface area contributed by atoms with Crippen LogP contribution in [0.15, 0.2) is 59.5 Å². The average Bonchev–Trinajstić information content (AvgIpc) is 2.55. The van der Waals surface area contributed by atoms with Crippen molar-refractivity contribution in [3.8, 4) is 0 Å². The minimum atomic E-state index is -4.12. The third-order valence-electron chi connectivity index (χ3n) is 3.22. The van der Waals surface area contributed by atoms with Crippen LogP contribution in [-0.2, 0) is 21.4 Å². The molecule has 7 heteroatoms. The molecular weight excluding hydrogens is 318 g/mol. The maximum absolute atomic E-state index is 12.8. The first-order valence-corrected chi connectivity index (χ1v) is 8.21. The van der Waals surface area contributed by atoms with E-state index in [4.69, 9.17) is 0 Å². The quantitative estimate of drug-likeness (QED) is 0.780. The van der Waals surface area contributed by atoms with Crippen molar-refractivity contribution in [3.05, 3.63) is 65.7 Å². The molecule has 0 heterocycles. The highest BCUT2D eigenvalue weighted by molar-refractivity contribution is 7.89. The predicted octanol–water partition coefficient (Wildman–Crippen LogP) is 1.77. The summed E-state index contributed by atoms with van der Waals surface area (Å²) in [6.45, 7) is -0.374. The van der Waals surface area contributed by atoms with Crippen molar-refractivity contribution in [1.82, 2.24) is 4.31 Å². The lowest BCUT2D eigenvalue weighted by atomic mass is 10.2. The lowest BCUT2D eigenvalue weighted by Crippen LogP contribution is -2.33. The Morgan fingerprint density at radius 1 is 1.04 bits per heavy atom. The molecule has 0 unspecified atom stereocenters. The number of carbonyl (C=O) groups is 2. The van der Waals surface area contributed by atoms with Gasteiger partial charge in [0.05, 0.1) is 17.0 Å². The van der Waals surface area contributed by atoms with Crippen LogP contribution >= 0.6 is 0 Å². The van der Waals surface area contributed by atoms with Crippen LogP contribution in [0.1, 0.15) is 15.9 Å². The van der Waals surface area contributed by atoms with Gasteiger partial charge in [-0.3, -0.25) is 0 Å². The monoisotopic (exact) mass is 333 g/mol. The van der Waals surface area contributed by atoms with E-state index in [0.29, 0.717) is 11.8 Å². The number of carbonyl (C=O) groups excluding carboxylic acids is 1. The molecule has 2 aromatic carbocycles. The molecule has 0 aliphatic carbocycles. The highest BCUT2D eigenvalue weighted by atomic mass is 32.2. The molecule has 1 N–H and O–H groups in total. The van der Waals surface area contributed by atoms with E-state index in [1.807, 2.05) is 0 Å². The first-order chi connectivity index (χ1) is 11.0. The standard InChI is InChI=1S/C16H15NO5S/c18-11-10-17(12-13-6-2-1-3-7-13)23(21,22)15-9-5-4-8-14(15)16(19)20/h1-9,11H,10,12H2,(H,19,20). The molecule has 0 aliphatic heterocycles. The fourth-order valence-corrected chi connectivity index (χ4v) is 3.66. The summed E-state index contributed by atoms with van der Waals surface area (Å²) >= 11 is 0. The van der Waals surface area contributed by atoms with Gasteiger partial charge in [-0.1, -0.05) is 42.5 Å². The Bertz CT molecular complexity index is 802. The van der Waals surface area contributed by atoms with Crippen LogP contribution in [-0.4, -0.2) is 36.6 Å². The third kappa shape index (κ3) is 3.82. The molecule has 2 rings (SSSR count). The number of rotatable bonds is 7. The molecule has 0 saturated carbocycles. The molecule has 2 aromatic rings. The van der Waals surface area contributed by atoms with Crippen molar-refractivity contribution in [2.45, 2.75) is 11.4 Å². The maximum atomic E-state index is 12.8. The zero-order valence-electron chi connectivity index (χ0n) is 12.1. The Morgan fingerprint density at radius 2 is 1.65 bits per heavy atom. The minimum absolute atomic E-state index is 0.0180. The van der Waals surface area contributed by atoms with Crippen molar-refractivity contribution < 1.29 is 23.1 Å². The fraction of sp³-hybridized carbons (Fsp3) is 0.125. The Kier molecular flexibility index (Phi) is 5.25. The Hall–Kier alpha value is -2.51. The summed E-state index contributed by atoms with van der Waals surface area (Å²) < 4.78 is 26.5. The molecule has 0 fully saturated rings. The van der Waals surface area contributed by atoms with E-state index >= 15 is 0 Å². The van der Waals surface area contributed by atoms with Crippen molar-refractivity contribution in [2.75, 3.05) is 6.54 Å². The van der Waals surface area contributed by atoms with Crippen LogP contribution in [0.25, 0.3) is 0 Å². The maximum Gasteiger partial charge on any atom is 0.337 e. The molecule has 6 nitrogen and oxygen atoms in total. The molecule has 23 heavy (non-hydrogen) atoms. The van der Waals surface area contributed by atoms with Crippen molar-refractivity contribution in [1.29, 1.82) is 0 Å². The van der Waals surface area contributed by atoms with E-state index < -0.39 is 16.0 Å². The molecule has 0 amide bonds. The molecule has 0 radical (unpaired) electrons. The summed E-state index contributed by atoms with van der Waals surface area (Å²) in [5, 5.41) is 9.18. The Labute approximate surface area is 134 Å². The molecule has 0 aliphatic rings. The highest BCUT2D eigenvalue weighted by Gasteiger charge is 2.28. The topological polar surface area (TPSA) is 91.8 Å². The molecule has 0 bridgehead atoms. The van der Waals surface area contributed by atoms with Crippen LogP contribution in [0.4, 0.5) is 0 Å². The van der Waals surface area contributed by atoms with Gasteiger partial charge in [-0.05, 0) is 17.7 Å². The molecular formula is C16H15NO5S. The molecule has 0 aromatic heterocycles. The van der Waals surface area contributed by atoms with Gasteiger partial charge in [0.1, 0.15) is 6.29 Å². The number of aldehydes is 1. The molecule has 0 atom stereocenters. The van der Waals surface area contributed by atoms with E-state index in [1.54, 1.807) is 30.3 Å². The second-order valence-corrected chi connectivity index (χ2v) is 6.66. The normalized spacial score (nSPS) is 11.3. The van der Waals surface area contributed by atoms with Gasteiger partial charge in [-0.2, -0.15) is 4.31 Å². The van der Waals surface area contributed by atoms with E-state index in [9.17, 15) is 23.1 Å².